The van der Waals surface area contributed by atoms with Crippen molar-refractivity contribution in [1.82, 2.24) is 0 Å². The molecule has 4 amide bonds. The Morgan fingerprint density at radius 2 is 0.938 bits per heavy atom. The summed E-state index contributed by atoms with van der Waals surface area (Å²) in [6, 6.07) is 15.0. The van der Waals surface area contributed by atoms with Crippen molar-refractivity contribution < 1.29 is 28.7 Å². The van der Waals surface area contributed by atoms with Gasteiger partial charge in [-0.3, -0.25) is 19.2 Å². The van der Waals surface area contributed by atoms with Crippen molar-refractivity contribution in [3.63, 3.8) is 0 Å². The first-order valence-electron chi connectivity index (χ1n) is 21.8. The van der Waals surface area contributed by atoms with E-state index >= 15 is 0 Å². The quantitative estimate of drug-likeness (QED) is 0.152. The van der Waals surface area contributed by atoms with Gasteiger partial charge in [-0.2, -0.15) is 0 Å². The first-order chi connectivity index (χ1) is 30.8. The molecule has 0 saturated heterocycles. The second kappa shape index (κ2) is 23.0. The van der Waals surface area contributed by atoms with Crippen molar-refractivity contribution in [2.75, 3.05) is 21.3 Å². The maximum Gasteiger partial charge on any atom is 0.224 e. The standard InChI is InChI=1S/2C15H18ClNO2.2C9H7BrClNO/c16-13-6-7-14-11(5-8-15(18)17-14)12(13)9-19-10-3-1-2-4-10;16-13-7-10-5-6-15(18)17-14(10)8-11(13)9-19-12-3-1-2-4-12;10-9-5-1-4-8(13)12-7(5)3-2-6(9)11;10-6-4-8-5(3-7(6)11)1-2-9(13)12-8/h6-7,10H,1-5,8-9H2,(H,17,18);7-8,12H,1-6,9H2,(H,17,18);2-3H,1,4H2,(H,12,13);3-4H,1-2H2,(H,12,13). The van der Waals surface area contributed by atoms with Crippen LogP contribution in [-0.2, 0) is 67.5 Å². The SMILES string of the molecule is O=C1CCc2c(ccc(Cl)c2Br)N1.O=C1CCc2c(ccc(Cl)c2COC2CCCC2)N1.O=C1CCc2cc(Cl)c(Br)cc2N1.O=C1CCc2cc(Cl)c(COC3CCCC3)cc2N1. The molecule has 2 saturated carbocycles. The summed E-state index contributed by atoms with van der Waals surface area (Å²) >= 11 is 31.1. The lowest BCUT2D eigenvalue weighted by Crippen LogP contribution is -2.21. The molecule has 0 bridgehead atoms. The molecule has 4 aromatic rings. The van der Waals surface area contributed by atoms with Gasteiger partial charge in [-0.15, -0.1) is 0 Å². The number of halogens is 6. The number of anilines is 4. The van der Waals surface area contributed by atoms with E-state index in [0.717, 1.165) is 126 Å². The Bertz CT molecular complexity index is 2390. The summed E-state index contributed by atoms with van der Waals surface area (Å²) in [7, 11) is 0. The van der Waals surface area contributed by atoms with Gasteiger partial charge in [0.05, 0.1) is 35.5 Å². The largest absolute Gasteiger partial charge is 0.373 e. The summed E-state index contributed by atoms with van der Waals surface area (Å²) in [6.07, 6.45) is 15.6. The zero-order chi connectivity index (χ0) is 45.3. The summed E-state index contributed by atoms with van der Waals surface area (Å²) < 4.78 is 13.6. The molecule has 2 aliphatic carbocycles. The highest BCUT2D eigenvalue weighted by atomic mass is 79.9. The predicted molar refractivity (Wildman–Crippen MR) is 263 cm³/mol. The summed E-state index contributed by atoms with van der Waals surface area (Å²) in [5, 5.41) is 14.3. The van der Waals surface area contributed by atoms with Crippen LogP contribution in [0, 0.1) is 0 Å². The summed E-state index contributed by atoms with van der Waals surface area (Å²) in [5.41, 5.74) is 10.00. The third kappa shape index (κ3) is 13.0. The first-order valence-corrected chi connectivity index (χ1v) is 24.9. The van der Waals surface area contributed by atoms with Crippen LogP contribution in [0.4, 0.5) is 22.7 Å². The third-order valence-corrected chi connectivity index (χ3v) is 15.4. The van der Waals surface area contributed by atoms with E-state index in [4.69, 9.17) is 55.9 Å². The monoisotopic (exact) mass is 1080 g/mol. The molecule has 4 aliphatic heterocycles. The molecule has 340 valence electrons. The van der Waals surface area contributed by atoms with Gasteiger partial charge in [0.25, 0.3) is 0 Å². The number of fused-ring (bicyclic) bond motifs is 4. The van der Waals surface area contributed by atoms with Gasteiger partial charge in [-0.25, -0.2) is 0 Å². The second-order valence-corrected chi connectivity index (χ2v) is 19.9. The van der Waals surface area contributed by atoms with Gasteiger partial charge < -0.3 is 30.7 Å². The third-order valence-electron chi connectivity index (χ3n) is 12.1. The lowest BCUT2D eigenvalue weighted by Gasteiger charge is -2.22. The Hall–Kier alpha value is -3.20. The summed E-state index contributed by atoms with van der Waals surface area (Å²) in [6.45, 7) is 1.09. The van der Waals surface area contributed by atoms with Crippen LogP contribution < -0.4 is 21.3 Å². The minimum atomic E-state index is 0.0710. The predicted octanol–water partition coefficient (Wildman–Crippen LogP) is 13.3. The maximum atomic E-state index is 11.4. The number of benzene rings is 4. The van der Waals surface area contributed by atoms with Crippen molar-refractivity contribution in [2.24, 2.45) is 0 Å². The Labute approximate surface area is 410 Å². The van der Waals surface area contributed by atoms with Crippen LogP contribution in [0.2, 0.25) is 20.1 Å². The van der Waals surface area contributed by atoms with E-state index in [0.29, 0.717) is 61.2 Å². The molecule has 10 rings (SSSR count). The number of hydrogen-bond acceptors (Lipinski definition) is 6. The number of hydrogen-bond donors (Lipinski definition) is 4. The Balaban J connectivity index is 0.000000130. The highest BCUT2D eigenvalue weighted by Gasteiger charge is 2.23. The molecule has 0 radical (unpaired) electrons. The van der Waals surface area contributed by atoms with Crippen LogP contribution in [-0.4, -0.2) is 35.8 Å². The number of nitrogens with one attached hydrogen (secondary N) is 4. The van der Waals surface area contributed by atoms with Gasteiger partial charge in [-0.1, -0.05) is 72.1 Å². The van der Waals surface area contributed by atoms with Crippen molar-refractivity contribution in [3.8, 4) is 0 Å². The van der Waals surface area contributed by atoms with Crippen LogP contribution in [0.15, 0.2) is 57.5 Å². The molecule has 10 nitrogen and oxygen atoms in total. The van der Waals surface area contributed by atoms with E-state index in [1.54, 1.807) is 6.07 Å². The molecule has 4 aromatic carbocycles. The second-order valence-electron chi connectivity index (χ2n) is 16.6. The number of amides is 4. The van der Waals surface area contributed by atoms with Gasteiger partial charge in [0, 0.05) is 73.0 Å². The van der Waals surface area contributed by atoms with E-state index < -0.39 is 0 Å². The van der Waals surface area contributed by atoms with Crippen LogP contribution in [0.25, 0.3) is 0 Å². The van der Waals surface area contributed by atoms with Crippen molar-refractivity contribution >= 4 is 125 Å². The molecule has 0 atom stereocenters. The van der Waals surface area contributed by atoms with E-state index in [2.05, 4.69) is 53.1 Å². The average Bonchev–Trinajstić information content (AvgIpc) is 4.01. The highest BCUT2D eigenvalue weighted by Crippen LogP contribution is 2.37. The number of carbonyl (C=O) groups is 4. The van der Waals surface area contributed by atoms with Gasteiger partial charge >= 0.3 is 0 Å². The molecule has 4 N–H and O–H groups in total. The van der Waals surface area contributed by atoms with E-state index in [9.17, 15) is 19.2 Å². The van der Waals surface area contributed by atoms with Crippen LogP contribution in [0.1, 0.15) is 110 Å². The number of ether oxygens (including phenoxy) is 2. The van der Waals surface area contributed by atoms with Crippen LogP contribution in [0.5, 0.6) is 0 Å². The van der Waals surface area contributed by atoms with E-state index in [1.807, 2.05) is 42.5 Å². The lowest BCUT2D eigenvalue weighted by molar-refractivity contribution is -0.117. The Morgan fingerprint density at radius 1 is 0.484 bits per heavy atom. The number of rotatable bonds is 6. The van der Waals surface area contributed by atoms with Gasteiger partial charge in [0.1, 0.15) is 0 Å². The maximum absolute atomic E-state index is 11.4. The fraction of sp³-hybridized carbons (Fsp3) is 0.417. The van der Waals surface area contributed by atoms with E-state index in [1.165, 1.54) is 25.7 Å². The summed E-state index contributed by atoms with van der Waals surface area (Å²) in [4.78, 5) is 45.0. The normalized spacial score (nSPS) is 17.6. The molecule has 2 fully saturated rings. The lowest BCUT2D eigenvalue weighted by atomic mass is 9.97. The highest BCUT2D eigenvalue weighted by molar-refractivity contribution is 9.11. The molecule has 16 heteroatoms. The first kappa shape index (κ1) is 48.7. The van der Waals surface area contributed by atoms with Crippen molar-refractivity contribution in [3.05, 3.63) is 111 Å². The molecular weight excluding hydrogens is 1030 g/mol. The molecule has 0 aromatic heterocycles. The zero-order valence-corrected chi connectivity index (χ0v) is 41.4. The zero-order valence-electron chi connectivity index (χ0n) is 35.2. The minimum Gasteiger partial charge on any atom is -0.373 e. The fourth-order valence-electron chi connectivity index (χ4n) is 8.52. The van der Waals surface area contributed by atoms with Crippen molar-refractivity contribution in [1.29, 1.82) is 0 Å². The Kier molecular flexibility index (Phi) is 17.5. The average molecular weight is 1080 g/mol. The van der Waals surface area contributed by atoms with Gasteiger partial charge in [0.2, 0.25) is 23.6 Å². The topological polar surface area (TPSA) is 135 Å². The number of aryl methyl sites for hydroxylation is 2. The Morgan fingerprint density at radius 3 is 1.52 bits per heavy atom. The van der Waals surface area contributed by atoms with Crippen molar-refractivity contribution in [2.45, 2.75) is 128 Å². The van der Waals surface area contributed by atoms with Crippen LogP contribution in [0.3, 0.4) is 0 Å². The molecule has 6 aliphatic rings. The number of carbonyl (C=O) groups excluding carboxylic acids is 4. The molecule has 0 spiro atoms. The summed E-state index contributed by atoms with van der Waals surface area (Å²) in [5.74, 6) is 0.304. The van der Waals surface area contributed by atoms with E-state index in [-0.39, 0.29) is 23.6 Å². The molecule has 64 heavy (non-hydrogen) atoms. The van der Waals surface area contributed by atoms with Crippen LogP contribution >= 0.6 is 78.3 Å². The smallest absolute Gasteiger partial charge is 0.224 e. The fourth-order valence-corrected chi connectivity index (χ4v) is 10.2. The van der Waals surface area contributed by atoms with Gasteiger partial charge in [0.15, 0.2) is 0 Å². The van der Waals surface area contributed by atoms with Gasteiger partial charge in [-0.05, 0) is 160 Å². The minimum absolute atomic E-state index is 0.0710. The molecular formula is C48H50Br2Cl4N4O6. The molecule has 0 unspecified atom stereocenters. The molecule has 4 heterocycles.